The van der Waals surface area contributed by atoms with E-state index in [9.17, 15) is 0 Å². The molecule has 3 aromatic carbocycles. The Balaban J connectivity index is 1.39. The van der Waals surface area contributed by atoms with Crippen LogP contribution in [0.15, 0.2) is 89.5 Å². The average Bonchev–Trinajstić information content (AvgIpc) is 3.23. The van der Waals surface area contributed by atoms with E-state index in [0.717, 1.165) is 33.5 Å². The molecule has 0 radical (unpaired) electrons. The zero-order valence-electron chi connectivity index (χ0n) is 16.2. The van der Waals surface area contributed by atoms with Gasteiger partial charge >= 0.3 is 6.01 Å². The van der Waals surface area contributed by atoms with Gasteiger partial charge in [0.2, 0.25) is 5.89 Å². The highest BCUT2D eigenvalue weighted by Gasteiger charge is 2.11. The van der Waals surface area contributed by atoms with Crippen molar-refractivity contribution in [2.45, 2.75) is 6.92 Å². The van der Waals surface area contributed by atoms with Crippen molar-refractivity contribution >= 4 is 22.6 Å². The molecule has 2 aromatic heterocycles. The molecule has 2 heterocycles. The van der Waals surface area contributed by atoms with Gasteiger partial charge in [-0.1, -0.05) is 35.4 Å². The summed E-state index contributed by atoms with van der Waals surface area (Å²) < 4.78 is 11.9. The summed E-state index contributed by atoms with van der Waals surface area (Å²) in [4.78, 5) is 4.37. The summed E-state index contributed by atoms with van der Waals surface area (Å²) in [5.41, 5.74) is 3.70. The van der Waals surface area contributed by atoms with Gasteiger partial charge in [-0.2, -0.15) is 0 Å². The van der Waals surface area contributed by atoms with E-state index in [1.807, 2.05) is 85.8 Å². The number of aromatic nitrogens is 3. The zero-order chi connectivity index (χ0) is 20.3. The lowest BCUT2D eigenvalue weighted by atomic mass is 10.2. The highest BCUT2D eigenvalue weighted by atomic mass is 16.5. The first-order valence-corrected chi connectivity index (χ1v) is 9.54. The van der Waals surface area contributed by atoms with E-state index in [2.05, 4.69) is 20.5 Å². The molecule has 0 spiro atoms. The fourth-order valence-corrected chi connectivity index (χ4v) is 3.21. The number of hydrogen-bond acceptors (Lipinski definition) is 6. The maximum atomic E-state index is 6.12. The van der Waals surface area contributed by atoms with Crippen molar-refractivity contribution in [1.82, 2.24) is 15.2 Å². The van der Waals surface area contributed by atoms with Gasteiger partial charge in [-0.15, -0.1) is 5.10 Å². The van der Waals surface area contributed by atoms with Gasteiger partial charge in [0.15, 0.2) is 0 Å². The first kappa shape index (κ1) is 17.9. The first-order valence-electron chi connectivity index (χ1n) is 9.54. The van der Waals surface area contributed by atoms with E-state index < -0.39 is 0 Å². The minimum atomic E-state index is 0.335. The maximum absolute atomic E-state index is 6.12. The Kier molecular flexibility index (Phi) is 4.57. The number of para-hydroxylation sites is 1. The number of pyridine rings is 1. The van der Waals surface area contributed by atoms with Crippen LogP contribution in [-0.2, 0) is 0 Å². The van der Waals surface area contributed by atoms with Crippen LogP contribution in [0.5, 0.6) is 11.5 Å². The Morgan fingerprint density at radius 2 is 1.77 bits per heavy atom. The summed E-state index contributed by atoms with van der Waals surface area (Å²) in [6.07, 6.45) is 1.74. The number of ether oxygens (including phenoxy) is 1. The van der Waals surface area contributed by atoms with Gasteiger partial charge in [-0.3, -0.25) is 4.98 Å². The fourth-order valence-electron chi connectivity index (χ4n) is 3.21. The quantitative estimate of drug-likeness (QED) is 0.387. The molecule has 5 aromatic rings. The highest BCUT2D eigenvalue weighted by Crippen LogP contribution is 2.31. The molecule has 0 unspecified atom stereocenters. The SMILES string of the molecule is Cc1cccc(Nc2nnc(-c3cccc(Oc4ccnc5ccccc45)c3)o2)c1. The van der Waals surface area contributed by atoms with Crippen LogP contribution in [0, 0.1) is 6.92 Å². The topological polar surface area (TPSA) is 73.1 Å². The van der Waals surface area contributed by atoms with Gasteiger partial charge in [0.05, 0.1) is 5.52 Å². The van der Waals surface area contributed by atoms with Gasteiger partial charge in [0.1, 0.15) is 11.5 Å². The third-order valence-electron chi connectivity index (χ3n) is 4.61. The molecule has 0 amide bonds. The molecule has 0 aliphatic heterocycles. The fraction of sp³-hybridized carbons (Fsp3) is 0.0417. The summed E-state index contributed by atoms with van der Waals surface area (Å²) in [5.74, 6) is 1.83. The molecule has 1 N–H and O–H groups in total. The summed E-state index contributed by atoms with van der Waals surface area (Å²) in [7, 11) is 0. The van der Waals surface area contributed by atoms with E-state index in [0.29, 0.717) is 17.7 Å². The van der Waals surface area contributed by atoms with Crippen molar-refractivity contribution in [3.8, 4) is 23.0 Å². The Labute approximate surface area is 173 Å². The molecule has 6 nitrogen and oxygen atoms in total. The lowest BCUT2D eigenvalue weighted by Gasteiger charge is -2.09. The largest absolute Gasteiger partial charge is 0.457 e. The second kappa shape index (κ2) is 7.67. The molecular weight excluding hydrogens is 376 g/mol. The molecule has 6 heteroatoms. The van der Waals surface area contributed by atoms with E-state index in [4.69, 9.17) is 9.15 Å². The normalized spacial score (nSPS) is 10.8. The summed E-state index contributed by atoms with van der Waals surface area (Å²) >= 11 is 0. The Morgan fingerprint density at radius 3 is 2.70 bits per heavy atom. The van der Waals surface area contributed by atoms with E-state index in [1.54, 1.807) is 6.20 Å². The van der Waals surface area contributed by atoms with Crippen LogP contribution in [-0.4, -0.2) is 15.2 Å². The Hall–Kier alpha value is -4.19. The molecule has 0 fully saturated rings. The van der Waals surface area contributed by atoms with Crippen LogP contribution >= 0.6 is 0 Å². The molecule has 146 valence electrons. The lowest BCUT2D eigenvalue weighted by Crippen LogP contribution is -1.90. The van der Waals surface area contributed by atoms with Crippen LogP contribution in [0.25, 0.3) is 22.4 Å². The van der Waals surface area contributed by atoms with Crippen molar-refractivity contribution < 1.29 is 9.15 Å². The number of hydrogen-bond donors (Lipinski definition) is 1. The lowest BCUT2D eigenvalue weighted by molar-refractivity contribution is 0.487. The number of anilines is 2. The van der Waals surface area contributed by atoms with Crippen LogP contribution < -0.4 is 10.1 Å². The average molecular weight is 394 g/mol. The second-order valence-electron chi connectivity index (χ2n) is 6.86. The third kappa shape index (κ3) is 3.71. The third-order valence-corrected chi connectivity index (χ3v) is 4.61. The number of benzene rings is 3. The van der Waals surface area contributed by atoms with Crippen molar-refractivity contribution in [3.05, 3.63) is 90.6 Å². The molecule has 30 heavy (non-hydrogen) atoms. The first-order chi connectivity index (χ1) is 14.7. The minimum absolute atomic E-state index is 0.335. The summed E-state index contributed by atoms with van der Waals surface area (Å²) in [6, 6.07) is 25.6. The maximum Gasteiger partial charge on any atom is 0.320 e. The smallest absolute Gasteiger partial charge is 0.320 e. The second-order valence-corrected chi connectivity index (χ2v) is 6.86. The number of fused-ring (bicyclic) bond motifs is 1. The van der Waals surface area contributed by atoms with E-state index in [-0.39, 0.29) is 0 Å². The van der Waals surface area contributed by atoms with Crippen molar-refractivity contribution in [2.24, 2.45) is 0 Å². The van der Waals surface area contributed by atoms with Gasteiger partial charge < -0.3 is 14.5 Å². The van der Waals surface area contributed by atoms with Gasteiger partial charge in [-0.05, 0) is 61.0 Å². The molecule has 5 rings (SSSR count). The molecule has 0 aliphatic carbocycles. The van der Waals surface area contributed by atoms with Crippen LogP contribution in [0.1, 0.15) is 5.56 Å². The number of aryl methyl sites for hydroxylation is 1. The Bertz CT molecular complexity index is 1320. The van der Waals surface area contributed by atoms with Crippen molar-refractivity contribution in [1.29, 1.82) is 0 Å². The zero-order valence-corrected chi connectivity index (χ0v) is 16.2. The van der Waals surface area contributed by atoms with Crippen LogP contribution in [0.2, 0.25) is 0 Å². The van der Waals surface area contributed by atoms with E-state index >= 15 is 0 Å². The predicted molar refractivity (Wildman–Crippen MR) is 116 cm³/mol. The van der Waals surface area contributed by atoms with Crippen LogP contribution in [0.4, 0.5) is 11.7 Å². The van der Waals surface area contributed by atoms with E-state index in [1.165, 1.54) is 0 Å². The van der Waals surface area contributed by atoms with Crippen molar-refractivity contribution in [2.75, 3.05) is 5.32 Å². The Morgan fingerprint density at radius 1 is 0.867 bits per heavy atom. The molecule has 0 aliphatic rings. The molecule has 0 saturated heterocycles. The molecule has 0 atom stereocenters. The molecule has 0 bridgehead atoms. The molecule has 0 saturated carbocycles. The number of nitrogens with zero attached hydrogens (tertiary/aromatic N) is 3. The minimum Gasteiger partial charge on any atom is -0.457 e. The number of rotatable bonds is 5. The van der Waals surface area contributed by atoms with Crippen LogP contribution in [0.3, 0.4) is 0 Å². The molecular formula is C24H18N4O2. The van der Waals surface area contributed by atoms with Gasteiger partial charge in [-0.25, -0.2) is 0 Å². The monoisotopic (exact) mass is 394 g/mol. The van der Waals surface area contributed by atoms with Crippen molar-refractivity contribution in [3.63, 3.8) is 0 Å². The summed E-state index contributed by atoms with van der Waals surface area (Å²) in [6.45, 7) is 2.03. The summed E-state index contributed by atoms with van der Waals surface area (Å²) in [5, 5.41) is 12.3. The van der Waals surface area contributed by atoms with Gasteiger partial charge in [0, 0.05) is 22.8 Å². The highest BCUT2D eigenvalue weighted by molar-refractivity contribution is 5.85. The predicted octanol–water partition coefficient (Wildman–Crippen LogP) is 6.13. The standard InChI is InChI=1S/C24H18N4O2/c1-16-6-4-8-18(14-16)26-24-28-27-23(30-24)17-7-5-9-19(15-17)29-22-12-13-25-21-11-3-2-10-20(21)22/h2-15H,1H3,(H,26,28). The van der Waals surface area contributed by atoms with Gasteiger partial charge in [0.25, 0.3) is 0 Å². The number of nitrogens with one attached hydrogen (secondary N) is 1.